The quantitative estimate of drug-likeness (QED) is 0.739. The molecule has 2 aromatic heterocycles. The van der Waals surface area contributed by atoms with Crippen molar-refractivity contribution < 1.29 is 4.79 Å². The molecule has 0 bridgehead atoms. The fourth-order valence-electron chi connectivity index (χ4n) is 2.48. The van der Waals surface area contributed by atoms with Gasteiger partial charge in [0.05, 0.1) is 19.3 Å². The van der Waals surface area contributed by atoms with Gasteiger partial charge in [-0.15, -0.1) is 5.10 Å². The van der Waals surface area contributed by atoms with E-state index in [1.807, 2.05) is 62.4 Å². The van der Waals surface area contributed by atoms with E-state index in [4.69, 9.17) is 0 Å². The Kier molecular flexibility index (Phi) is 5.48. The van der Waals surface area contributed by atoms with Crippen LogP contribution in [0.1, 0.15) is 33.3 Å². The Morgan fingerprint density at radius 2 is 1.88 bits per heavy atom. The lowest BCUT2D eigenvalue weighted by Gasteiger charge is -2.04. The highest BCUT2D eigenvalue weighted by Gasteiger charge is 2.11. The highest BCUT2D eigenvalue weighted by atomic mass is 16.2. The van der Waals surface area contributed by atoms with Crippen molar-refractivity contribution in [2.75, 3.05) is 0 Å². The molecule has 26 heavy (non-hydrogen) atoms. The zero-order chi connectivity index (χ0) is 18.4. The van der Waals surface area contributed by atoms with Crippen molar-refractivity contribution in [1.29, 1.82) is 0 Å². The van der Waals surface area contributed by atoms with Crippen LogP contribution < -0.4 is 5.32 Å². The van der Waals surface area contributed by atoms with Crippen molar-refractivity contribution >= 4 is 12.0 Å². The molecule has 0 aliphatic carbocycles. The molecular formula is C19H20N6O. The predicted octanol–water partition coefficient (Wildman–Crippen LogP) is 2.33. The standard InChI is InChI=1S/C19H20N6O/c1-14-11-15(2)22-18(21-14)12-20-19(26)17-13-25(24-23-17)10-6-9-16-7-4-3-5-8-16/h3-9,11,13H,10,12H2,1-2H3,(H,20,26)/b9-6+. The molecule has 1 aromatic carbocycles. The number of carbonyl (C=O) groups is 1. The number of aryl methyl sites for hydroxylation is 2. The Bertz CT molecular complexity index is 897. The second-order valence-corrected chi connectivity index (χ2v) is 5.89. The number of aromatic nitrogens is 5. The first kappa shape index (κ1) is 17.5. The Morgan fingerprint density at radius 1 is 1.15 bits per heavy atom. The zero-order valence-electron chi connectivity index (χ0n) is 14.8. The van der Waals surface area contributed by atoms with Crippen LogP contribution in [-0.2, 0) is 13.1 Å². The van der Waals surface area contributed by atoms with E-state index in [-0.39, 0.29) is 18.1 Å². The van der Waals surface area contributed by atoms with Crippen molar-refractivity contribution in [3.05, 3.63) is 77.1 Å². The molecule has 2 heterocycles. The van der Waals surface area contributed by atoms with Gasteiger partial charge in [0, 0.05) is 11.4 Å². The molecule has 0 saturated heterocycles. The van der Waals surface area contributed by atoms with E-state index >= 15 is 0 Å². The van der Waals surface area contributed by atoms with Crippen molar-refractivity contribution in [3.8, 4) is 0 Å². The minimum Gasteiger partial charge on any atom is -0.343 e. The Labute approximate surface area is 151 Å². The molecule has 7 heteroatoms. The third-order valence-electron chi connectivity index (χ3n) is 3.61. The number of hydrogen-bond donors (Lipinski definition) is 1. The van der Waals surface area contributed by atoms with Gasteiger partial charge in [-0.2, -0.15) is 0 Å². The molecule has 3 rings (SSSR count). The van der Waals surface area contributed by atoms with Crippen molar-refractivity contribution in [1.82, 2.24) is 30.3 Å². The van der Waals surface area contributed by atoms with Crippen molar-refractivity contribution in [2.45, 2.75) is 26.9 Å². The van der Waals surface area contributed by atoms with Gasteiger partial charge in [-0.1, -0.05) is 47.7 Å². The molecule has 0 aliphatic heterocycles. The second kappa shape index (κ2) is 8.15. The highest BCUT2D eigenvalue weighted by Crippen LogP contribution is 2.02. The minimum absolute atomic E-state index is 0.252. The number of benzene rings is 1. The normalized spacial score (nSPS) is 11.0. The van der Waals surface area contributed by atoms with E-state index in [9.17, 15) is 4.79 Å². The van der Waals surface area contributed by atoms with Crippen LogP contribution in [0.15, 0.2) is 48.7 Å². The van der Waals surface area contributed by atoms with E-state index in [0.29, 0.717) is 12.4 Å². The summed E-state index contributed by atoms with van der Waals surface area (Å²) in [6, 6.07) is 11.9. The largest absolute Gasteiger partial charge is 0.343 e. The zero-order valence-corrected chi connectivity index (χ0v) is 14.8. The molecule has 0 unspecified atom stereocenters. The van der Waals surface area contributed by atoms with E-state index in [1.165, 1.54) is 0 Å². The van der Waals surface area contributed by atoms with Crippen LogP contribution in [-0.4, -0.2) is 30.9 Å². The lowest BCUT2D eigenvalue weighted by molar-refractivity contribution is 0.0944. The first-order valence-electron chi connectivity index (χ1n) is 8.31. The Hall–Kier alpha value is -3.35. The molecule has 0 atom stereocenters. The number of nitrogens with zero attached hydrogens (tertiary/aromatic N) is 5. The Balaban J connectivity index is 1.55. The number of hydrogen-bond acceptors (Lipinski definition) is 5. The van der Waals surface area contributed by atoms with E-state index in [2.05, 4.69) is 25.6 Å². The molecular weight excluding hydrogens is 328 g/mol. The maximum atomic E-state index is 12.2. The lowest BCUT2D eigenvalue weighted by atomic mass is 10.2. The SMILES string of the molecule is Cc1cc(C)nc(CNC(=O)c2cn(C/C=C/c3ccccc3)nn2)n1. The monoisotopic (exact) mass is 348 g/mol. The van der Waals surface area contributed by atoms with Gasteiger partial charge in [0.25, 0.3) is 5.91 Å². The van der Waals surface area contributed by atoms with Crippen LogP contribution in [0.4, 0.5) is 0 Å². The molecule has 0 aliphatic rings. The fourth-order valence-corrected chi connectivity index (χ4v) is 2.48. The first-order valence-corrected chi connectivity index (χ1v) is 8.31. The Morgan fingerprint density at radius 3 is 2.62 bits per heavy atom. The second-order valence-electron chi connectivity index (χ2n) is 5.89. The van der Waals surface area contributed by atoms with Gasteiger partial charge < -0.3 is 5.32 Å². The number of amides is 1. The molecule has 1 N–H and O–H groups in total. The van der Waals surface area contributed by atoms with Gasteiger partial charge in [-0.3, -0.25) is 4.79 Å². The van der Waals surface area contributed by atoms with E-state index in [0.717, 1.165) is 17.0 Å². The number of nitrogens with one attached hydrogen (secondary N) is 1. The third kappa shape index (κ3) is 4.83. The van der Waals surface area contributed by atoms with Gasteiger partial charge in [-0.25, -0.2) is 14.6 Å². The van der Waals surface area contributed by atoms with Crippen LogP contribution in [0, 0.1) is 13.8 Å². The van der Waals surface area contributed by atoms with E-state index < -0.39 is 0 Å². The molecule has 0 radical (unpaired) electrons. The topological polar surface area (TPSA) is 85.6 Å². The smallest absolute Gasteiger partial charge is 0.273 e. The van der Waals surface area contributed by atoms with Crippen LogP contribution >= 0.6 is 0 Å². The van der Waals surface area contributed by atoms with Gasteiger partial charge >= 0.3 is 0 Å². The molecule has 7 nitrogen and oxygen atoms in total. The van der Waals surface area contributed by atoms with Gasteiger partial charge in [0.1, 0.15) is 5.82 Å². The summed E-state index contributed by atoms with van der Waals surface area (Å²) in [5.74, 6) is 0.278. The van der Waals surface area contributed by atoms with Crippen LogP contribution in [0.2, 0.25) is 0 Å². The third-order valence-corrected chi connectivity index (χ3v) is 3.61. The molecule has 0 saturated carbocycles. The summed E-state index contributed by atoms with van der Waals surface area (Å²) in [7, 11) is 0. The van der Waals surface area contributed by atoms with Crippen molar-refractivity contribution in [2.24, 2.45) is 0 Å². The average molecular weight is 348 g/mol. The summed E-state index contributed by atoms with van der Waals surface area (Å²) < 4.78 is 1.61. The molecule has 1 amide bonds. The van der Waals surface area contributed by atoms with Gasteiger partial charge in [0.15, 0.2) is 5.69 Å². The summed E-state index contributed by atoms with van der Waals surface area (Å²) in [6.07, 6.45) is 5.58. The average Bonchev–Trinajstić information content (AvgIpc) is 3.09. The maximum absolute atomic E-state index is 12.2. The summed E-state index contributed by atoms with van der Waals surface area (Å²) in [5, 5.41) is 10.7. The predicted molar refractivity (Wildman–Crippen MR) is 98.2 cm³/mol. The van der Waals surface area contributed by atoms with Crippen LogP contribution in [0.5, 0.6) is 0 Å². The molecule has 132 valence electrons. The summed E-state index contributed by atoms with van der Waals surface area (Å²) in [4.78, 5) is 20.8. The molecule has 3 aromatic rings. The van der Waals surface area contributed by atoms with Crippen LogP contribution in [0.25, 0.3) is 6.08 Å². The van der Waals surface area contributed by atoms with Crippen molar-refractivity contribution in [3.63, 3.8) is 0 Å². The minimum atomic E-state index is -0.300. The number of allylic oxidation sites excluding steroid dienone is 1. The summed E-state index contributed by atoms with van der Waals surface area (Å²) >= 11 is 0. The highest BCUT2D eigenvalue weighted by molar-refractivity contribution is 5.91. The summed E-state index contributed by atoms with van der Waals surface area (Å²) in [5.41, 5.74) is 3.12. The van der Waals surface area contributed by atoms with E-state index in [1.54, 1.807) is 10.9 Å². The molecule has 0 spiro atoms. The fraction of sp³-hybridized carbons (Fsp3) is 0.211. The van der Waals surface area contributed by atoms with Gasteiger partial charge in [-0.05, 0) is 25.5 Å². The number of rotatable bonds is 6. The number of carbonyl (C=O) groups excluding carboxylic acids is 1. The lowest BCUT2D eigenvalue weighted by Crippen LogP contribution is -2.24. The summed E-state index contributed by atoms with van der Waals surface area (Å²) in [6.45, 7) is 4.58. The van der Waals surface area contributed by atoms with Gasteiger partial charge in [0.2, 0.25) is 0 Å². The first-order chi connectivity index (χ1) is 12.6. The maximum Gasteiger partial charge on any atom is 0.273 e. The van der Waals surface area contributed by atoms with Crippen LogP contribution in [0.3, 0.4) is 0 Å². The molecule has 0 fully saturated rings.